The average molecular weight is 330 g/mol. The fourth-order valence-electron chi connectivity index (χ4n) is 1.62. The molecule has 0 atom stereocenters. The Kier molecular flexibility index (Phi) is 2.87. The fraction of sp³-hybridized carbons (Fsp3) is 0.857. The van der Waals surface area contributed by atoms with Gasteiger partial charge in [-0.1, -0.05) is 0 Å². The maximum absolute atomic E-state index is 11.3. The molecule has 0 N–H and O–H groups in total. The molecule has 2 heterocycles. The summed E-state index contributed by atoms with van der Waals surface area (Å²) in [7, 11) is -3.17. The summed E-state index contributed by atoms with van der Waals surface area (Å²) in [6.07, 6.45) is 1.12. The number of alkyl halides is 1. The van der Waals surface area contributed by atoms with Crippen molar-refractivity contribution in [1.29, 1.82) is 0 Å². The predicted octanol–water partition coefficient (Wildman–Crippen LogP) is -3.67. The molecule has 0 aliphatic carbocycles. The average Bonchev–Trinajstić information content (AvgIpc) is 2.15. The van der Waals surface area contributed by atoms with Crippen LogP contribution in [0.4, 0.5) is 0 Å². The van der Waals surface area contributed by atoms with E-state index in [0.29, 0.717) is 12.5 Å². The summed E-state index contributed by atoms with van der Waals surface area (Å²) >= 11 is -0.105. The molecule has 0 radical (unpaired) electrons. The Labute approximate surface area is 94.8 Å². The zero-order chi connectivity index (χ0) is 10.2. The van der Waals surface area contributed by atoms with Gasteiger partial charge < -0.3 is 0 Å². The van der Waals surface area contributed by atoms with E-state index in [4.69, 9.17) is 0 Å². The van der Waals surface area contributed by atoms with Crippen molar-refractivity contribution in [2.45, 2.75) is 6.42 Å². The van der Waals surface area contributed by atoms with Crippen LogP contribution in [0.25, 0.3) is 0 Å². The first-order chi connectivity index (χ1) is 6.62. The summed E-state index contributed by atoms with van der Waals surface area (Å²) in [4.78, 5) is 4.22. The molecular weight excluding hydrogens is 317 g/mol. The minimum absolute atomic E-state index is 0.105. The second-order valence-corrected chi connectivity index (χ2v) is 7.16. The van der Waals surface area contributed by atoms with Gasteiger partial charge in [0.15, 0.2) is 0 Å². The first-order valence-corrected chi connectivity index (χ1v) is 9.20. The van der Waals surface area contributed by atoms with Crippen molar-refractivity contribution in [3.05, 3.63) is 0 Å². The number of rotatable bonds is 1. The molecule has 5 nitrogen and oxygen atoms in total. The molecular formula is C7H13IN3O2S-. The van der Waals surface area contributed by atoms with Gasteiger partial charge in [0.2, 0.25) is 0 Å². The van der Waals surface area contributed by atoms with Gasteiger partial charge >= 0.3 is 95.0 Å². The molecule has 82 valence electrons. The number of hydrogen-bond donors (Lipinski definition) is 0. The Bertz CT molecular complexity index is 354. The number of nitrogens with zero attached hydrogens (tertiary/aromatic N) is 3. The molecule has 0 spiro atoms. The molecule has 2 aliphatic rings. The Balaban J connectivity index is 2.32. The first-order valence-electron chi connectivity index (χ1n) is 4.47. The van der Waals surface area contributed by atoms with Gasteiger partial charge in [-0.3, -0.25) is 0 Å². The van der Waals surface area contributed by atoms with Crippen LogP contribution in [0.15, 0.2) is 4.40 Å². The molecule has 7 heteroatoms. The SMILES string of the molecule is C[I-]N1CCCN2CCS(=O)(=O)N=C21. The van der Waals surface area contributed by atoms with E-state index in [1.807, 2.05) is 0 Å². The normalized spacial score (nSPS) is 25.9. The Morgan fingerprint density at radius 3 is 2.86 bits per heavy atom. The molecule has 0 bridgehead atoms. The van der Waals surface area contributed by atoms with Crippen molar-refractivity contribution in [3.8, 4) is 0 Å². The summed E-state index contributed by atoms with van der Waals surface area (Å²) < 4.78 is 28.7. The Hall–Kier alpha value is -0.0500. The number of guanidine groups is 1. The van der Waals surface area contributed by atoms with Gasteiger partial charge in [0.25, 0.3) is 0 Å². The molecule has 1 fully saturated rings. The van der Waals surface area contributed by atoms with Crippen LogP contribution in [0, 0.1) is 0 Å². The Morgan fingerprint density at radius 2 is 2.14 bits per heavy atom. The summed E-state index contributed by atoms with van der Waals surface area (Å²) in [6, 6.07) is 0. The van der Waals surface area contributed by atoms with Crippen LogP contribution in [0.5, 0.6) is 0 Å². The van der Waals surface area contributed by atoms with E-state index in [-0.39, 0.29) is 27.2 Å². The zero-order valence-corrected chi connectivity index (χ0v) is 11.0. The third-order valence-corrected chi connectivity index (χ3v) is 5.54. The van der Waals surface area contributed by atoms with E-state index in [9.17, 15) is 8.42 Å². The molecule has 2 rings (SSSR count). The molecule has 0 aromatic carbocycles. The Morgan fingerprint density at radius 1 is 1.36 bits per heavy atom. The fourth-order valence-corrected chi connectivity index (χ4v) is 4.44. The van der Waals surface area contributed by atoms with Crippen molar-refractivity contribution in [1.82, 2.24) is 8.01 Å². The number of sulfonamides is 1. The molecule has 1 saturated heterocycles. The quantitative estimate of drug-likeness (QED) is 0.282. The standard InChI is InChI=1S/C7H13IN3O2S/c1-8-11-4-2-3-10-5-6-14(12,13)9-7(10)11/h2-6H2,1H3/q-1. The van der Waals surface area contributed by atoms with Gasteiger partial charge in [0, 0.05) is 0 Å². The van der Waals surface area contributed by atoms with Crippen molar-refractivity contribution < 1.29 is 29.9 Å². The second kappa shape index (κ2) is 3.84. The third kappa shape index (κ3) is 1.97. The molecule has 2 aliphatic heterocycles. The van der Waals surface area contributed by atoms with Crippen LogP contribution in [0.1, 0.15) is 6.42 Å². The van der Waals surface area contributed by atoms with Crippen LogP contribution >= 0.6 is 0 Å². The summed E-state index contributed by atoms with van der Waals surface area (Å²) in [5.41, 5.74) is 0. The minimum atomic E-state index is -3.17. The number of halogens is 1. The third-order valence-electron chi connectivity index (χ3n) is 2.33. The van der Waals surface area contributed by atoms with E-state index >= 15 is 0 Å². The van der Waals surface area contributed by atoms with Crippen LogP contribution in [-0.2, 0) is 10.0 Å². The molecule has 0 aromatic rings. The molecule has 0 unspecified atom stereocenters. The summed E-state index contributed by atoms with van der Waals surface area (Å²) in [6.45, 7) is 2.53. The van der Waals surface area contributed by atoms with Crippen LogP contribution in [0.2, 0.25) is 0 Å². The van der Waals surface area contributed by atoms with Gasteiger partial charge in [0.05, 0.1) is 0 Å². The predicted molar refractivity (Wildman–Crippen MR) is 50.0 cm³/mol. The molecule has 0 saturated carbocycles. The first kappa shape index (κ1) is 10.5. The van der Waals surface area contributed by atoms with Crippen molar-refractivity contribution in [2.24, 2.45) is 4.40 Å². The van der Waals surface area contributed by atoms with Gasteiger partial charge in [-0.25, -0.2) is 0 Å². The van der Waals surface area contributed by atoms with Crippen LogP contribution in [0.3, 0.4) is 0 Å². The molecule has 14 heavy (non-hydrogen) atoms. The molecule has 0 amide bonds. The summed E-state index contributed by atoms with van der Waals surface area (Å²) in [5, 5.41) is 0. The number of hydrogen-bond acceptors (Lipinski definition) is 4. The van der Waals surface area contributed by atoms with E-state index in [2.05, 4.69) is 17.3 Å². The van der Waals surface area contributed by atoms with Gasteiger partial charge in [-0.2, -0.15) is 0 Å². The maximum atomic E-state index is 11.3. The zero-order valence-electron chi connectivity index (χ0n) is 7.98. The van der Waals surface area contributed by atoms with Crippen molar-refractivity contribution >= 4 is 16.0 Å². The van der Waals surface area contributed by atoms with Crippen molar-refractivity contribution in [2.75, 3.05) is 30.3 Å². The van der Waals surface area contributed by atoms with Gasteiger partial charge in [0.1, 0.15) is 0 Å². The van der Waals surface area contributed by atoms with Crippen LogP contribution < -0.4 is 21.5 Å². The van der Waals surface area contributed by atoms with Crippen LogP contribution in [-0.4, -0.2) is 52.7 Å². The van der Waals surface area contributed by atoms with Crippen molar-refractivity contribution in [3.63, 3.8) is 0 Å². The van der Waals surface area contributed by atoms with E-state index in [1.165, 1.54) is 0 Å². The van der Waals surface area contributed by atoms with E-state index in [1.54, 1.807) is 0 Å². The number of fused-ring (bicyclic) bond motifs is 1. The van der Waals surface area contributed by atoms with E-state index in [0.717, 1.165) is 19.5 Å². The molecule has 0 aromatic heterocycles. The second-order valence-electron chi connectivity index (χ2n) is 3.27. The monoisotopic (exact) mass is 330 g/mol. The van der Waals surface area contributed by atoms with Gasteiger partial charge in [-0.15, -0.1) is 0 Å². The van der Waals surface area contributed by atoms with Gasteiger partial charge in [-0.05, 0) is 0 Å². The topological polar surface area (TPSA) is 53.0 Å². The summed E-state index contributed by atoms with van der Waals surface area (Å²) in [5.74, 6) is 0.879. The van der Waals surface area contributed by atoms with E-state index < -0.39 is 10.0 Å².